The van der Waals surface area contributed by atoms with Crippen molar-refractivity contribution in [1.82, 2.24) is 5.32 Å². The van der Waals surface area contributed by atoms with E-state index in [0.29, 0.717) is 16.9 Å². The van der Waals surface area contributed by atoms with E-state index in [1.54, 1.807) is 31.2 Å². The largest absolute Gasteiger partial charge is 0.489 e. The van der Waals surface area contributed by atoms with Gasteiger partial charge in [0.15, 0.2) is 6.61 Å². The Labute approximate surface area is 165 Å². The molecule has 6 nitrogen and oxygen atoms in total. The topological polar surface area (TPSA) is 88.4 Å². The molecule has 0 unspecified atom stereocenters. The summed E-state index contributed by atoms with van der Waals surface area (Å²) in [5.74, 6) is -0.544. The summed E-state index contributed by atoms with van der Waals surface area (Å²) in [4.78, 5) is 24.5. The third-order valence-corrected chi connectivity index (χ3v) is 4.50. The number of esters is 1. The van der Waals surface area contributed by atoms with Gasteiger partial charge in [-0.15, -0.1) is 0 Å². The van der Waals surface area contributed by atoms with Gasteiger partial charge in [0.05, 0.1) is 11.6 Å². The molecule has 2 aromatic rings. The van der Waals surface area contributed by atoms with Crippen LogP contribution in [0.1, 0.15) is 36.7 Å². The van der Waals surface area contributed by atoms with Gasteiger partial charge in [-0.25, -0.2) is 4.79 Å². The number of hydrogen-bond donors (Lipinski definition) is 1. The molecular formula is C22H24N2O4. The number of nitrogens with one attached hydrogen (secondary N) is 1. The van der Waals surface area contributed by atoms with Gasteiger partial charge in [0, 0.05) is 5.56 Å². The molecular weight excluding hydrogens is 356 g/mol. The Morgan fingerprint density at radius 2 is 1.75 bits per heavy atom. The molecule has 0 saturated heterocycles. The van der Waals surface area contributed by atoms with Crippen LogP contribution in [0.25, 0.3) is 0 Å². The highest BCUT2D eigenvalue weighted by Crippen LogP contribution is 2.17. The zero-order valence-electron chi connectivity index (χ0n) is 16.3. The Balaban J connectivity index is 1.97. The second-order valence-electron chi connectivity index (χ2n) is 6.85. The van der Waals surface area contributed by atoms with Crippen molar-refractivity contribution < 1.29 is 19.1 Å². The van der Waals surface area contributed by atoms with Crippen LogP contribution in [-0.4, -0.2) is 24.0 Å². The maximum Gasteiger partial charge on any atom is 0.339 e. The van der Waals surface area contributed by atoms with E-state index in [2.05, 4.69) is 11.4 Å². The van der Waals surface area contributed by atoms with E-state index < -0.39 is 24.0 Å². The van der Waals surface area contributed by atoms with Crippen LogP contribution in [0.4, 0.5) is 0 Å². The minimum Gasteiger partial charge on any atom is -0.489 e. The Hall–Kier alpha value is -3.33. The molecule has 28 heavy (non-hydrogen) atoms. The van der Waals surface area contributed by atoms with Crippen molar-refractivity contribution in [2.45, 2.75) is 32.9 Å². The van der Waals surface area contributed by atoms with Crippen molar-refractivity contribution in [2.24, 2.45) is 5.92 Å². The predicted octanol–water partition coefficient (Wildman–Crippen LogP) is 3.48. The number of carbonyl (C=O) groups is 2. The number of hydrogen-bond acceptors (Lipinski definition) is 5. The van der Waals surface area contributed by atoms with Gasteiger partial charge < -0.3 is 14.8 Å². The number of carbonyl (C=O) groups excluding carboxylic acids is 2. The van der Waals surface area contributed by atoms with Gasteiger partial charge in [0.2, 0.25) is 0 Å². The number of para-hydroxylation sites is 1. The van der Waals surface area contributed by atoms with Gasteiger partial charge in [-0.1, -0.05) is 50.2 Å². The highest BCUT2D eigenvalue weighted by atomic mass is 16.5. The minimum atomic E-state index is -1.02. The lowest BCUT2D eigenvalue weighted by atomic mass is 9.90. The van der Waals surface area contributed by atoms with E-state index in [1.807, 2.05) is 44.2 Å². The van der Waals surface area contributed by atoms with E-state index in [0.717, 1.165) is 0 Å². The van der Waals surface area contributed by atoms with Gasteiger partial charge in [-0.05, 0) is 31.0 Å². The monoisotopic (exact) mass is 380 g/mol. The fourth-order valence-corrected chi connectivity index (χ4v) is 2.36. The summed E-state index contributed by atoms with van der Waals surface area (Å²) >= 11 is 0. The second-order valence-corrected chi connectivity index (χ2v) is 6.85. The zero-order chi connectivity index (χ0) is 20.6. The summed E-state index contributed by atoms with van der Waals surface area (Å²) in [5, 5.41) is 11.9. The zero-order valence-corrected chi connectivity index (χ0v) is 16.3. The van der Waals surface area contributed by atoms with Gasteiger partial charge >= 0.3 is 5.97 Å². The Bertz CT molecular complexity index is 858. The Kier molecular flexibility index (Phi) is 7.16. The number of benzene rings is 2. The lowest BCUT2D eigenvalue weighted by Crippen LogP contribution is -2.50. The smallest absolute Gasteiger partial charge is 0.339 e. The third-order valence-electron chi connectivity index (χ3n) is 4.50. The van der Waals surface area contributed by atoms with E-state index in [4.69, 9.17) is 9.47 Å². The van der Waals surface area contributed by atoms with Gasteiger partial charge in [-0.3, -0.25) is 4.79 Å². The molecule has 0 aliphatic rings. The van der Waals surface area contributed by atoms with Crippen molar-refractivity contribution in [3.63, 3.8) is 0 Å². The normalized spacial score (nSPS) is 12.5. The molecule has 0 fully saturated rings. The quantitative estimate of drug-likeness (QED) is 0.709. The maximum absolute atomic E-state index is 12.4. The van der Waals surface area contributed by atoms with E-state index in [-0.39, 0.29) is 12.5 Å². The van der Waals surface area contributed by atoms with Crippen molar-refractivity contribution in [1.29, 1.82) is 5.26 Å². The van der Waals surface area contributed by atoms with Crippen LogP contribution >= 0.6 is 0 Å². The van der Waals surface area contributed by atoms with Gasteiger partial charge in [0.1, 0.15) is 17.9 Å². The van der Waals surface area contributed by atoms with E-state index in [9.17, 15) is 14.9 Å². The van der Waals surface area contributed by atoms with Crippen LogP contribution in [0.2, 0.25) is 0 Å². The van der Waals surface area contributed by atoms with Crippen LogP contribution < -0.4 is 10.1 Å². The third kappa shape index (κ3) is 5.58. The average Bonchev–Trinajstić information content (AvgIpc) is 2.71. The molecule has 0 heterocycles. The highest BCUT2D eigenvalue weighted by molar-refractivity contribution is 5.92. The first-order valence-corrected chi connectivity index (χ1v) is 9.01. The number of ether oxygens (including phenoxy) is 2. The number of nitriles is 1. The molecule has 6 heteroatoms. The van der Waals surface area contributed by atoms with Crippen LogP contribution in [0.15, 0.2) is 54.6 Å². The van der Waals surface area contributed by atoms with Gasteiger partial charge in [0.25, 0.3) is 5.91 Å². The Morgan fingerprint density at radius 3 is 2.39 bits per heavy atom. The molecule has 0 saturated carbocycles. The second kappa shape index (κ2) is 9.56. The first-order valence-electron chi connectivity index (χ1n) is 9.01. The SMILES string of the molecule is CC(C)[C@@](C)(C#N)NC(=O)COC(=O)c1ccccc1COc1ccccc1. The molecule has 1 amide bonds. The number of amides is 1. The van der Waals surface area contributed by atoms with Gasteiger partial charge in [-0.2, -0.15) is 5.26 Å². The van der Waals surface area contributed by atoms with Crippen LogP contribution in [0.3, 0.4) is 0 Å². The number of nitrogens with zero attached hydrogens (tertiary/aromatic N) is 1. The molecule has 0 aliphatic carbocycles. The van der Waals surface area contributed by atoms with E-state index in [1.165, 1.54) is 0 Å². The maximum atomic E-state index is 12.4. The summed E-state index contributed by atoms with van der Waals surface area (Å²) in [6.45, 7) is 5.03. The Morgan fingerprint density at radius 1 is 1.11 bits per heavy atom. The number of rotatable bonds is 8. The molecule has 0 aromatic heterocycles. The van der Waals surface area contributed by atoms with Crippen molar-refractivity contribution in [3.8, 4) is 11.8 Å². The summed E-state index contributed by atoms with van der Waals surface area (Å²) in [6, 6.07) is 18.3. The lowest BCUT2D eigenvalue weighted by molar-refractivity contribution is -0.125. The first-order chi connectivity index (χ1) is 13.4. The van der Waals surface area contributed by atoms with Crippen molar-refractivity contribution >= 4 is 11.9 Å². The fourth-order valence-electron chi connectivity index (χ4n) is 2.36. The van der Waals surface area contributed by atoms with Crippen molar-refractivity contribution in [2.75, 3.05) is 6.61 Å². The highest BCUT2D eigenvalue weighted by Gasteiger charge is 2.30. The van der Waals surface area contributed by atoms with Crippen LogP contribution in [0.5, 0.6) is 5.75 Å². The van der Waals surface area contributed by atoms with Crippen LogP contribution in [0, 0.1) is 17.2 Å². The summed E-state index contributed by atoms with van der Waals surface area (Å²) in [7, 11) is 0. The lowest BCUT2D eigenvalue weighted by Gasteiger charge is -2.27. The molecule has 0 radical (unpaired) electrons. The summed E-state index contributed by atoms with van der Waals surface area (Å²) in [6.07, 6.45) is 0. The fraction of sp³-hybridized carbons (Fsp3) is 0.318. The molecule has 0 aliphatic heterocycles. The molecule has 2 rings (SSSR count). The van der Waals surface area contributed by atoms with E-state index >= 15 is 0 Å². The summed E-state index contributed by atoms with van der Waals surface area (Å²) < 4.78 is 10.8. The first kappa shape index (κ1) is 21.0. The molecule has 1 atom stereocenters. The minimum absolute atomic E-state index is 0.0898. The predicted molar refractivity (Wildman–Crippen MR) is 104 cm³/mol. The van der Waals surface area contributed by atoms with Crippen LogP contribution in [-0.2, 0) is 16.1 Å². The average molecular weight is 380 g/mol. The van der Waals surface area contributed by atoms with Crippen molar-refractivity contribution in [3.05, 3.63) is 65.7 Å². The molecule has 0 spiro atoms. The standard InChI is InChI=1S/C22H24N2O4/c1-16(2)22(3,15-23)24-20(25)14-28-21(26)19-12-8-7-9-17(19)13-27-18-10-5-4-6-11-18/h4-12,16H,13-14H2,1-3H3,(H,24,25)/t22-/m1/s1. The summed E-state index contributed by atoms with van der Waals surface area (Å²) in [5.41, 5.74) is -0.0378. The molecule has 1 N–H and O–H groups in total. The molecule has 0 bridgehead atoms. The molecule has 146 valence electrons. The molecule has 2 aromatic carbocycles.